The van der Waals surface area contributed by atoms with Crippen LogP contribution in [0.25, 0.3) is 0 Å². The Morgan fingerprint density at radius 3 is 0.700 bits per heavy atom. The molecule has 2 bridgehead atoms. The number of rotatable bonds is 0. The molecule has 0 spiro atoms. The predicted octanol–water partition coefficient (Wildman–Crippen LogP) is 3.12. The van der Waals surface area contributed by atoms with Crippen molar-refractivity contribution in [2.24, 2.45) is 10.8 Å². The van der Waals surface area contributed by atoms with Crippen LogP contribution >= 0.6 is 0 Å². The molecule has 0 amide bonds. The average Bonchev–Trinajstić information content (AvgIpc) is 2.08. The van der Waals surface area contributed by atoms with E-state index in [0.717, 1.165) is 10.8 Å². The van der Waals surface area contributed by atoms with E-state index in [1.807, 2.05) is 0 Å². The van der Waals surface area contributed by atoms with Gasteiger partial charge in [0.25, 0.3) is 0 Å². The lowest BCUT2D eigenvalue weighted by Gasteiger charge is -2.60. The van der Waals surface area contributed by atoms with Crippen LogP contribution in [0.2, 0.25) is 0 Å². The number of hydrogen-bond acceptors (Lipinski definition) is 0. The molecule has 6 aliphatic rings. The zero-order valence-corrected chi connectivity index (χ0v) is 6.66. The fraction of sp³-hybridized carbons (Fsp3) is 1.00. The molecular formula is C10H16. The van der Waals surface area contributed by atoms with Gasteiger partial charge < -0.3 is 0 Å². The molecule has 0 saturated heterocycles. The van der Waals surface area contributed by atoms with E-state index in [1.54, 1.807) is 51.4 Å². The topological polar surface area (TPSA) is 0 Å². The van der Waals surface area contributed by atoms with Crippen LogP contribution in [0.4, 0.5) is 0 Å². The minimum absolute atomic E-state index is 0.889. The Labute approximate surface area is 63.0 Å². The molecule has 0 atom stereocenters. The summed E-state index contributed by atoms with van der Waals surface area (Å²) in [5.74, 6) is 0. The first kappa shape index (κ1) is 5.62. The highest BCUT2D eigenvalue weighted by molar-refractivity contribution is 5.04. The van der Waals surface area contributed by atoms with Crippen molar-refractivity contribution in [2.75, 3.05) is 0 Å². The Kier molecular flexibility index (Phi) is 0.810. The fourth-order valence-corrected chi connectivity index (χ4v) is 3.62. The van der Waals surface area contributed by atoms with Gasteiger partial charge in [0.2, 0.25) is 0 Å². The van der Waals surface area contributed by atoms with Crippen LogP contribution in [0.5, 0.6) is 0 Å². The molecule has 6 saturated carbocycles. The zero-order valence-electron chi connectivity index (χ0n) is 6.66. The first-order valence-electron chi connectivity index (χ1n) is 4.83. The van der Waals surface area contributed by atoms with Crippen molar-refractivity contribution in [3.8, 4) is 0 Å². The Bertz CT molecular complexity index is 106. The van der Waals surface area contributed by atoms with E-state index < -0.39 is 0 Å². The quantitative estimate of drug-likeness (QED) is 0.480. The van der Waals surface area contributed by atoms with E-state index >= 15 is 0 Å². The SMILES string of the molecule is C1CC23CCC1(CC2)CC3. The van der Waals surface area contributed by atoms with Gasteiger partial charge in [-0.1, -0.05) is 0 Å². The van der Waals surface area contributed by atoms with Crippen molar-refractivity contribution in [3.05, 3.63) is 0 Å². The van der Waals surface area contributed by atoms with Gasteiger partial charge >= 0.3 is 0 Å². The van der Waals surface area contributed by atoms with E-state index in [-0.39, 0.29) is 0 Å². The van der Waals surface area contributed by atoms with Gasteiger partial charge in [0.15, 0.2) is 0 Å². The van der Waals surface area contributed by atoms with Crippen molar-refractivity contribution in [3.63, 3.8) is 0 Å². The van der Waals surface area contributed by atoms with Crippen molar-refractivity contribution in [1.29, 1.82) is 0 Å². The summed E-state index contributed by atoms with van der Waals surface area (Å²) < 4.78 is 0. The van der Waals surface area contributed by atoms with Gasteiger partial charge in [-0.3, -0.25) is 0 Å². The summed E-state index contributed by atoms with van der Waals surface area (Å²) in [4.78, 5) is 0. The Morgan fingerprint density at radius 1 is 0.400 bits per heavy atom. The van der Waals surface area contributed by atoms with E-state index in [9.17, 15) is 0 Å². The standard InChI is InChI=1S/C10H16/c1-2-10-6-3-9(1,4-7-10)5-8-10/h1-8H2. The summed E-state index contributed by atoms with van der Waals surface area (Å²) in [6, 6.07) is 0. The van der Waals surface area contributed by atoms with Crippen LogP contribution in [0.3, 0.4) is 0 Å². The minimum atomic E-state index is 0.889. The molecule has 0 radical (unpaired) electrons. The van der Waals surface area contributed by atoms with Gasteiger partial charge in [0.1, 0.15) is 0 Å². The summed E-state index contributed by atoms with van der Waals surface area (Å²) >= 11 is 0. The molecule has 6 rings (SSSR count). The predicted molar refractivity (Wildman–Crippen MR) is 41.8 cm³/mol. The third-order valence-electron chi connectivity index (χ3n) is 4.74. The van der Waals surface area contributed by atoms with E-state index in [0.29, 0.717) is 0 Å². The molecule has 0 aromatic heterocycles. The summed E-state index contributed by atoms with van der Waals surface area (Å²) in [5, 5.41) is 0. The molecular weight excluding hydrogens is 120 g/mol. The molecule has 0 N–H and O–H groups in total. The van der Waals surface area contributed by atoms with Gasteiger partial charge in [-0.15, -0.1) is 0 Å². The van der Waals surface area contributed by atoms with Crippen molar-refractivity contribution in [1.82, 2.24) is 0 Å². The first-order chi connectivity index (χ1) is 4.83. The van der Waals surface area contributed by atoms with Crippen LogP contribution in [0, 0.1) is 10.8 Å². The fourth-order valence-electron chi connectivity index (χ4n) is 3.62. The van der Waals surface area contributed by atoms with Crippen molar-refractivity contribution >= 4 is 0 Å². The summed E-state index contributed by atoms with van der Waals surface area (Å²) in [5.41, 5.74) is 1.78. The van der Waals surface area contributed by atoms with Gasteiger partial charge in [-0.2, -0.15) is 0 Å². The Morgan fingerprint density at radius 2 is 0.600 bits per heavy atom. The maximum atomic E-state index is 1.59. The summed E-state index contributed by atoms with van der Waals surface area (Å²) in [6.07, 6.45) is 12.7. The van der Waals surface area contributed by atoms with Crippen LogP contribution in [0.1, 0.15) is 51.4 Å². The van der Waals surface area contributed by atoms with E-state index in [1.165, 1.54) is 0 Å². The van der Waals surface area contributed by atoms with Crippen LogP contribution in [-0.4, -0.2) is 0 Å². The van der Waals surface area contributed by atoms with Crippen molar-refractivity contribution < 1.29 is 0 Å². The average molecular weight is 136 g/mol. The van der Waals surface area contributed by atoms with Crippen LogP contribution in [0.15, 0.2) is 0 Å². The van der Waals surface area contributed by atoms with Crippen LogP contribution in [-0.2, 0) is 0 Å². The lowest BCUT2D eigenvalue weighted by molar-refractivity contribution is -0.0838. The Hall–Kier alpha value is 0. The second kappa shape index (κ2) is 1.44. The van der Waals surface area contributed by atoms with Gasteiger partial charge in [-0.05, 0) is 62.2 Å². The lowest BCUT2D eigenvalue weighted by atomic mass is 9.45. The summed E-state index contributed by atoms with van der Waals surface area (Å²) in [7, 11) is 0. The van der Waals surface area contributed by atoms with E-state index in [2.05, 4.69) is 0 Å². The molecule has 0 unspecified atom stereocenters. The molecule has 0 aromatic carbocycles. The highest BCUT2D eigenvalue weighted by atomic mass is 14.6. The smallest absolute Gasteiger partial charge is 0.0297 e. The molecule has 56 valence electrons. The normalized spacial score (nSPS) is 57.6. The highest BCUT2D eigenvalue weighted by Gasteiger charge is 2.53. The Balaban J connectivity index is 2.05. The van der Waals surface area contributed by atoms with E-state index in [4.69, 9.17) is 0 Å². The molecule has 0 nitrogen and oxygen atoms in total. The second-order valence-electron chi connectivity index (χ2n) is 5.00. The molecule has 10 heavy (non-hydrogen) atoms. The molecule has 0 heterocycles. The third kappa shape index (κ3) is 0.500. The van der Waals surface area contributed by atoms with Gasteiger partial charge in [0, 0.05) is 0 Å². The molecule has 0 heteroatoms. The lowest BCUT2D eigenvalue weighted by Crippen LogP contribution is -2.47. The van der Waals surface area contributed by atoms with Gasteiger partial charge in [-0.25, -0.2) is 0 Å². The maximum absolute atomic E-state index is 1.59. The monoisotopic (exact) mass is 136 g/mol. The van der Waals surface area contributed by atoms with Crippen LogP contribution < -0.4 is 0 Å². The molecule has 6 fully saturated rings. The molecule has 0 aromatic rings. The minimum Gasteiger partial charge on any atom is -0.0471 e. The highest BCUT2D eigenvalue weighted by Crippen LogP contribution is 2.66. The van der Waals surface area contributed by atoms with Gasteiger partial charge in [0.05, 0.1) is 0 Å². The summed E-state index contributed by atoms with van der Waals surface area (Å²) in [6.45, 7) is 0. The second-order valence-corrected chi connectivity index (χ2v) is 5.00. The molecule has 0 aliphatic heterocycles. The third-order valence-corrected chi connectivity index (χ3v) is 4.74. The maximum Gasteiger partial charge on any atom is -0.0297 e. The number of hydrogen-bond donors (Lipinski definition) is 0. The first-order valence-corrected chi connectivity index (χ1v) is 4.83. The largest absolute Gasteiger partial charge is 0.0471 e. The molecule has 6 aliphatic carbocycles. The van der Waals surface area contributed by atoms with Crippen molar-refractivity contribution in [2.45, 2.75) is 51.4 Å². The zero-order chi connectivity index (χ0) is 6.66.